The Hall–Kier alpha value is -1.53. The van der Waals surface area contributed by atoms with Crippen molar-refractivity contribution >= 4 is 13.1 Å². The van der Waals surface area contributed by atoms with Gasteiger partial charge in [-0.15, -0.1) is 0 Å². The first kappa shape index (κ1) is 18.8. The zero-order chi connectivity index (χ0) is 18.1. The molecule has 1 fully saturated rings. The Kier molecular flexibility index (Phi) is 5.30. The van der Waals surface area contributed by atoms with Crippen LogP contribution in [0.2, 0.25) is 0 Å². The molecule has 0 amide bonds. The maximum Gasteiger partial charge on any atom is 0.466 e. The highest BCUT2D eigenvalue weighted by molar-refractivity contribution is 6.48. The Morgan fingerprint density at radius 2 is 1.75 bits per heavy atom. The van der Waals surface area contributed by atoms with Gasteiger partial charge in [0.1, 0.15) is 5.75 Å². The number of carbonyl (C=O) groups is 1. The van der Waals surface area contributed by atoms with Gasteiger partial charge in [0.15, 0.2) is 0 Å². The van der Waals surface area contributed by atoms with Crippen molar-refractivity contribution < 1.29 is 23.6 Å². The average Bonchev–Trinajstić information content (AvgIpc) is 2.72. The second-order valence-corrected chi connectivity index (χ2v) is 7.26. The molecule has 0 N–H and O–H groups in total. The molecule has 0 aliphatic carbocycles. The highest BCUT2D eigenvalue weighted by Crippen LogP contribution is 2.43. The molecule has 1 aromatic rings. The number of aryl methyl sites for hydroxylation is 1. The summed E-state index contributed by atoms with van der Waals surface area (Å²) in [6.07, 6.45) is 0.159. The molecular weight excluding hydrogens is 307 g/mol. The lowest BCUT2D eigenvalue weighted by molar-refractivity contribution is -0.140. The molecule has 1 saturated heterocycles. The molecule has 1 aliphatic rings. The Labute approximate surface area is 144 Å². The first-order chi connectivity index (χ1) is 11.1. The summed E-state index contributed by atoms with van der Waals surface area (Å²) in [4.78, 5) is 12.0. The quantitative estimate of drug-likeness (QED) is 0.611. The molecule has 1 aliphatic heterocycles. The van der Waals surface area contributed by atoms with Crippen LogP contribution in [0.5, 0.6) is 5.75 Å². The summed E-state index contributed by atoms with van der Waals surface area (Å²) in [5.41, 5.74) is 1.03. The second kappa shape index (κ2) is 6.77. The summed E-state index contributed by atoms with van der Waals surface area (Å²) in [6, 6.07) is 5.91. The predicted molar refractivity (Wildman–Crippen MR) is 93.2 cm³/mol. The largest absolute Gasteiger partial charge is 0.496 e. The van der Waals surface area contributed by atoms with Crippen LogP contribution in [0.15, 0.2) is 18.2 Å². The Morgan fingerprint density at radius 1 is 1.17 bits per heavy atom. The third-order valence-electron chi connectivity index (χ3n) is 5.00. The number of methoxy groups -OCH3 is 2. The van der Waals surface area contributed by atoms with Gasteiger partial charge in [0.25, 0.3) is 0 Å². The van der Waals surface area contributed by atoms with E-state index in [2.05, 4.69) is 0 Å². The minimum atomic E-state index is -0.550. The van der Waals surface area contributed by atoms with Crippen LogP contribution in [0.1, 0.15) is 51.1 Å². The van der Waals surface area contributed by atoms with Gasteiger partial charge in [-0.3, -0.25) is 4.79 Å². The molecule has 0 radical (unpaired) electrons. The smallest absolute Gasteiger partial charge is 0.466 e. The van der Waals surface area contributed by atoms with Gasteiger partial charge in [0, 0.05) is 5.82 Å². The van der Waals surface area contributed by atoms with E-state index in [1.165, 1.54) is 7.11 Å². The van der Waals surface area contributed by atoms with E-state index in [0.717, 1.165) is 16.9 Å². The fraction of sp³-hybridized carbons (Fsp3) is 0.611. The molecular formula is C18H27BO5. The monoisotopic (exact) mass is 334 g/mol. The predicted octanol–water partition coefficient (Wildman–Crippen LogP) is 3.28. The number of carbonyl (C=O) groups excluding carboxylic acids is 1. The van der Waals surface area contributed by atoms with Crippen molar-refractivity contribution in [1.29, 1.82) is 0 Å². The van der Waals surface area contributed by atoms with Crippen LogP contribution in [-0.4, -0.2) is 38.5 Å². The van der Waals surface area contributed by atoms with Gasteiger partial charge in [-0.2, -0.15) is 0 Å². The minimum absolute atomic E-state index is 0.159. The van der Waals surface area contributed by atoms with Crippen LogP contribution in [0, 0.1) is 6.92 Å². The standard InChI is InChI=1S/C18H27BO5/c1-12-8-9-13(15(10-12)21-6)14(11-16(20)22-7)19-23-17(2,3)18(4,5)24-19/h8-10,14H,11H2,1-7H3. The van der Waals surface area contributed by atoms with E-state index in [1.807, 2.05) is 52.8 Å². The van der Waals surface area contributed by atoms with E-state index >= 15 is 0 Å². The Balaban J connectivity index is 2.42. The van der Waals surface area contributed by atoms with Crippen molar-refractivity contribution in [2.45, 2.75) is 58.1 Å². The molecule has 1 atom stereocenters. The lowest BCUT2D eigenvalue weighted by Crippen LogP contribution is -2.41. The van der Waals surface area contributed by atoms with E-state index in [1.54, 1.807) is 7.11 Å². The third-order valence-corrected chi connectivity index (χ3v) is 5.00. The lowest BCUT2D eigenvalue weighted by Gasteiger charge is -2.32. The number of hydrogen-bond acceptors (Lipinski definition) is 5. The number of benzene rings is 1. The number of hydrogen-bond donors (Lipinski definition) is 0. The van der Waals surface area contributed by atoms with Crippen molar-refractivity contribution in [3.8, 4) is 5.75 Å². The summed E-state index contributed by atoms with van der Waals surface area (Å²) in [5.74, 6) is 0.102. The summed E-state index contributed by atoms with van der Waals surface area (Å²) in [5, 5.41) is 0. The summed E-state index contributed by atoms with van der Waals surface area (Å²) < 4.78 is 22.7. The summed E-state index contributed by atoms with van der Waals surface area (Å²) in [7, 11) is 2.46. The van der Waals surface area contributed by atoms with Crippen LogP contribution < -0.4 is 4.74 Å². The molecule has 24 heavy (non-hydrogen) atoms. The number of esters is 1. The molecule has 1 unspecified atom stereocenters. The van der Waals surface area contributed by atoms with E-state index < -0.39 is 18.3 Å². The SMILES string of the molecule is COC(=O)CC(B1OC(C)(C)C(C)(C)O1)c1ccc(C)cc1OC. The fourth-order valence-corrected chi connectivity index (χ4v) is 2.79. The molecule has 1 aromatic carbocycles. The normalized spacial score (nSPS) is 19.9. The first-order valence-corrected chi connectivity index (χ1v) is 8.18. The van der Waals surface area contributed by atoms with Gasteiger partial charge in [-0.1, -0.05) is 12.1 Å². The third kappa shape index (κ3) is 3.60. The molecule has 2 rings (SSSR count). The van der Waals surface area contributed by atoms with Crippen LogP contribution in [0.4, 0.5) is 0 Å². The molecule has 0 saturated carbocycles. The van der Waals surface area contributed by atoms with Crippen LogP contribution in [-0.2, 0) is 18.8 Å². The maximum absolute atomic E-state index is 12.0. The molecule has 132 valence electrons. The lowest BCUT2D eigenvalue weighted by atomic mass is 9.66. The van der Waals surface area contributed by atoms with E-state index in [0.29, 0.717) is 0 Å². The van der Waals surface area contributed by atoms with Crippen molar-refractivity contribution in [2.75, 3.05) is 14.2 Å². The molecule has 6 heteroatoms. The van der Waals surface area contributed by atoms with E-state index in [4.69, 9.17) is 18.8 Å². The molecule has 0 aromatic heterocycles. The van der Waals surface area contributed by atoms with Crippen molar-refractivity contribution in [2.24, 2.45) is 0 Å². The molecule has 1 heterocycles. The minimum Gasteiger partial charge on any atom is -0.496 e. The van der Waals surface area contributed by atoms with Crippen LogP contribution in [0.25, 0.3) is 0 Å². The second-order valence-electron chi connectivity index (χ2n) is 7.26. The van der Waals surface area contributed by atoms with Gasteiger partial charge in [0.05, 0.1) is 31.8 Å². The first-order valence-electron chi connectivity index (χ1n) is 8.18. The van der Waals surface area contributed by atoms with Gasteiger partial charge in [-0.05, 0) is 51.8 Å². The van der Waals surface area contributed by atoms with E-state index in [9.17, 15) is 4.79 Å². The fourth-order valence-electron chi connectivity index (χ4n) is 2.79. The number of rotatable bonds is 5. The van der Waals surface area contributed by atoms with Gasteiger partial charge < -0.3 is 18.8 Å². The van der Waals surface area contributed by atoms with E-state index in [-0.39, 0.29) is 18.2 Å². The summed E-state index contributed by atoms with van der Waals surface area (Å²) >= 11 is 0. The highest BCUT2D eigenvalue weighted by Gasteiger charge is 2.54. The molecule has 0 bridgehead atoms. The average molecular weight is 334 g/mol. The zero-order valence-corrected chi connectivity index (χ0v) is 15.6. The van der Waals surface area contributed by atoms with Crippen LogP contribution in [0.3, 0.4) is 0 Å². The van der Waals surface area contributed by atoms with Crippen molar-refractivity contribution in [1.82, 2.24) is 0 Å². The van der Waals surface area contributed by atoms with Gasteiger partial charge >= 0.3 is 13.1 Å². The van der Waals surface area contributed by atoms with Crippen molar-refractivity contribution in [3.05, 3.63) is 29.3 Å². The summed E-state index contributed by atoms with van der Waals surface area (Å²) in [6.45, 7) is 9.97. The Morgan fingerprint density at radius 3 is 2.25 bits per heavy atom. The van der Waals surface area contributed by atoms with Crippen LogP contribution >= 0.6 is 0 Å². The van der Waals surface area contributed by atoms with Crippen molar-refractivity contribution in [3.63, 3.8) is 0 Å². The van der Waals surface area contributed by atoms with Gasteiger partial charge in [0.2, 0.25) is 0 Å². The zero-order valence-electron chi connectivity index (χ0n) is 15.6. The molecule has 5 nitrogen and oxygen atoms in total. The maximum atomic E-state index is 12.0. The number of ether oxygens (including phenoxy) is 2. The molecule has 0 spiro atoms. The van der Waals surface area contributed by atoms with Gasteiger partial charge in [-0.25, -0.2) is 0 Å². The topological polar surface area (TPSA) is 54.0 Å². The Bertz CT molecular complexity index is 595. The highest BCUT2D eigenvalue weighted by atomic mass is 16.7.